The van der Waals surface area contributed by atoms with Crippen LogP contribution in [0.4, 0.5) is 0 Å². The van der Waals surface area contributed by atoms with Gasteiger partial charge in [-0.05, 0) is 55.0 Å². The number of rotatable bonds is 4. The Morgan fingerprint density at radius 2 is 1.93 bits per heavy atom. The van der Waals surface area contributed by atoms with Crippen LogP contribution < -0.4 is 5.56 Å². The first-order chi connectivity index (χ1) is 14.1. The molecule has 0 amide bonds. The van der Waals surface area contributed by atoms with E-state index in [4.69, 9.17) is 16.1 Å². The second kappa shape index (κ2) is 7.08. The normalized spacial score (nSPS) is 18.7. The number of aromatic nitrogens is 5. The van der Waals surface area contributed by atoms with E-state index in [1.807, 2.05) is 19.1 Å². The molecule has 0 bridgehead atoms. The summed E-state index contributed by atoms with van der Waals surface area (Å²) in [5.74, 6) is 1.86. The maximum Gasteiger partial charge on any atom is 0.263 e. The Labute approximate surface area is 171 Å². The molecule has 29 heavy (non-hydrogen) atoms. The number of aryl methyl sites for hydroxylation is 1. The molecule has 0 atom stereocenters. The van der Waals surface area contributed by atoms with Crippen molar-refractivity contribution in [3.63, 3.8) is 0 Å². The molecule has 7 nitrogen and oxygen atoms in total. The van der Waals surface area contributed by atoms with Gasteiger partial charge in [0.15, 0.2) is 11.5 Å². The Balaban J connectivity index is 1.31. The average molecular weight is 408 g/mol. The predicted molar refractivity (Wildman–Crippen MR) is 108 cm³/mol. The van der Waals surface area contributed by atoms with Crippen molar-refractivity contribution in [1.29, 1.82) is 0 Å². The van der Waals surface area contributed by atoms with Crippen LogP contribution in [-0.4, -0.2) is 24.7 Å². The van der Waals surface area contributed by atoms with Gasteiger partial charge in [-0.25, -0.2) is 9.97 Å². The monoisotopic (exact) mass is 407 g/mol. The van der Waals surface area contributed by atoms with Gasteiger partial charge in [0.1, 0.15) is 12.9 Å². The second-order valence-electron chi connectivity index (χ2n) is 7.47. The van der Waals surface area contributed by atoms with Crippen molar-refractivity contribution in [3.05, 3.63) is 81.1 Å². The molecular formula is C21H18ClN5O2. The number of nitrogens with zero attached hydrogens (tertiary/aromatic N) is 5. The Hall–Kier alpha value is -3.06. The Kier molecular flexibility index (Phi) is 4.39. The van der Waals surface area contributed by atoms with Crippen LogP contribution in [0.25, 0.3) is 11.0 Å². The van der Waals surface area contributed by atoms with E-state index in [-0.39, 0.29) is 18.0 Å². The Morgan fingerprint density at radius 1 is 1.14 bits per heavy atom. The molecule has 8 heteroatoms. The average Bonchev–Trinajstić information content (AvgIpc) is 3.12. The molecule has 1 aliphatic carbocycles. The topological polar surface area (TPSA) is 86.7 Å². The highest BCUT2D eigenvalue weighted by Crippen LogP contribution is 2.46. The van der Waals surface area contributed by atoms with E-state index in [1.165, 1.54) is 16.5 Å². The minimum Gasteiger partial charge on any atom is -0.337 e. The second-order valence-corrected chi connectivity index (χ2v) is 7.90. The van der Waals surface area contributed by atoms with E-state index in [0.717, 1.165) is 23.4 Å². The fraction of sp³-hybridized carbons (Fsp3) is 0.286. The van der Waals surface area contributed by atoms with Gasteiger partial charge in [-0.2, -0.15) is 4.98 Å². The summed E-state index contributed by atoms with van der Waals surface area (Å²) in [6.45, 7) is 2.06. The predicted octanol–water partition coefficient (Wildman–Crippen LogP) is 3.85. The Morgan fingerprint density at radius 3 is 2.72 bits per heavy atom. The van der Waals surface area contributed by atoms with E-state index in [2.05, 4.69) is 32.2 Å². The number of halogens is 1. The summed E-state index contributed by atoms with van der Waals surface area (Å²) in [4.78, 5) is 25.7. The van der Waals surface area contributed by atoms with Gasteiger partial charge in [0.2, 0.25) is 5.89 Å². The molecule has 0 radical (unpaired) electrons. The third-order valence-electron chi connectivity index (χ3n) is 5.57. The van der Waals surface area contributed by atoms with Crippen molar-refractivity contribution in [3.8, 4) is 0 Å². The smallest absolute Gasteiger partial charge is 0.263 e. The van der Waals surface area contributed by atoms with Gasteiger partial charge in [0.25, 0.3) is 5.56 Å². The summed E-state index contributed by atoms with van der Waals surface area (Å²) in [5, 5.41) is 5.39. The molecule has 3 aromatic heterocycles. The number of benzene rings is 1. The van der Waals surface area contributed by atoms with Crippen molar-refractivity contribution in [1.82, 2.24) is 24.7 Å². The van der Waals surface area contributed by atoms with Crippen LogP contribution in [0.3, 0.4) is 0 Å². The highest BCUT2D eigenvalue weighted by Gasteiger charge is 2.34. The van der Waals surface area contributed by atoms with Crippen LogP contribution in [0, 0.1) is 6.92 Å². The molecule has 3 heterocycles. The van der Waals surface area contributed by atoms with Crippen LogP contribution in [0.5, 0.6) is 0 Å². The standard InChI is InChI=1S/C21H18ClN5O2/c1-12-6-7-23-20-18(12)21(28)27(11-24-20)10-17-25-19(26-29-17)15-8-14(9-15)13-2-4-16(22)5-3-13/h2-7,11,14-15H,8-10H2,1H3. The van der Waals surface area contributed by atoms with Crippen LogP contribution in [0.2, 0.25) is 5.02 Å². The van der Waals surface area contributed by atoms with Crippen LogP contribution in [0.1, 0.15) is 47.5 Å². The number of hydrogen-bond donors (Lipinski definition) is 0. The lowest BCUT2D eigenvalue weighted by molar-refractivity contribution is 0.315. The minimum absolute atomic E-state index is 0.160. The number of pyridine rings is 1. The first-order valence-electron chi connectivity index (χ1n) is 9.47. The van der Waals surface area contributed by atoms with Gasteiger partial charge < -0.3 is 4.52 Å². The molecule has 1 saturated carbocycles. The summed E-state index contributed by atoms with van der Waals surface area (Å²) in [6.07, 6.45) is 5.07. The quantitative estimate of drug-likeness (QED) is 0.510. The highest BCUT2D eigenvalue weighted by atomic mass is 35.5. The fourth-order valence-electron chi connectivity index (χ4n) is 3.82. The maximum absolute atomic E-state index is 12.8. The molecule has 1 fully saturated rings. The molecule has 146 valence electrons. The minimum atomic E-state index is -0.160. The molecule has 0 spiro atoms. The van der Waals surface area contributed by atoms with Crippen molar-refractivity contribution in [2.75, 3.05) is 0 Å². The molecule has 0 saturated heterocycles. The Bertz CT molecular complexity index is 1240. The summed E-state index contributed by atoms with van der Waals surface area (Å²) in [6, 6.07) is 9.78. The third-order valence-corrected chi connectivity index (χ3v) is 5.82. The van der Waals surface area contributed by atoms with E-state index >= 15 is 0 Å². The summed E-state index contributed by atoms with van der Waals surface area (Å²) in [5.41, 5.74) is 2.41. The first kappa shape index (κ1) is 18.0. The zero-order chi connectivity index (χ0) is 20.0. The lowest BCUT2D eigenvalue weighted by atomic mass is 9.71. The van der Waals surface area contributed by atoms with Gasteiger partial charge in [-0.15, -0.1) is 0 Å². The molecule has 5 rings (SSSR count). The first-order valence-corrected chi connectivity index (χ1v) is 9.85. The molecular weight excluding hydrogens is 390 g/mol. The van der Waals surface area contributed by atoms with Gasteiger partial charge in [0, 0.05) is 17.1 Å². The lowest BCUT2D eigenvalue weighted by Crippen LogP contribution is -2.23. The largest absolute Gasteiger partial charge is 0.337 e. The maximum atomic E-state index is 12.8. The van der Waals surface area contributed by atoms with Crippen LogP contribution in [-0.2, 0) is 6.54 Å². The lowest BCUT2D eigenvalue weighted by Gasteiger charge is -2.33. The summed E-state index contributed by atoms with van der Waals surface area (Å²) < 4.78 is 6.88. The van der Waals surface area contributed by atoms with Gasteiger partial charge in [-0.1, -0.05) is 28.9 Å². The van der Waals surface area contributed by atoms with Gasteiger partial charge in [0.05, 0.1) is 5.39 Å². The summed E-state index contributed by atoms with van der Waals surface area (Å²) in [7, 11) is 0. The molecule has 0 aliphatic heterocycles. The molecule has 1 aromatic carbocycles. The zero-order valence-electron chi connectivity index (χ0n) is 15.7. The zero-order valence-corrected chi connectivity index (χ0v) is 16.5. The highest BCUT2D eigenvalue weighted by molar-refractivity contribution is 6.30. The van der Waals surface area contributed by atoms with Crippen molar-refractivity contribution in [2.24, 2.45) is 0 Å². The van der Waals surface area contributed by atoms with E-state index in [0.29, 0.717) is 28.7 Å². The molecule has 0 unspecified atom stereocenters. The fourth-order valence-corrected chi connectivity index (χ4v) is 3.94. The molecule has 4 aromatic rings. The van der Waals surface area contributed by atoms with Crippen molar-refractivity contribution >= 4 is 22.6 Å². The van der Waals surface area contributed by atoms with Crippen molar-refractivity contribution in [2.45, 2.75) is 38.1 Å². The van der Waals surface area contributed by atoms with Crippen LogP contribution >= 0.6 is 11.6 Å². The third kappa shape index (κ3) is 3.31. The van der Waals surface area contributed by atoms with E-state index in [1.54, 1.807) is 12.3 Å². The van der Waals surface area contributed by atoms with Crippen LogP contribution in [0.15, 0.2) is 52.2 Å². The summed E-state index contributed by atoms with van der Waals surface area (Å²) >= 11 is 5.96. The number of hydrogen-bond acceptors (Lipinski definition) is 6. The molecule has 1 aliphatic rings. The van der Waals surface area contributed by atoms with Gasteiger partial charge >= 0.3 is 0 Å². The van der Waals surface area contributed by atoms with Crippen molar-refractivity contribution < 1.29 is 4.52 Å². The van der Waals surface area contributed by atoms with E-state index in [9.17, 15) is 4.79 Å². The number of fused-ring (bicyclic) bond motifs is 1. The molecule has 0 N–H and O–H groups in total. The van der Waals surface area contributed by atoms with Gasteiger partial charge in [-0.3, -0.25) is 9.36 Å². The SMILES string of the molecule is Cc1ccnc2ncn(Cc3nc(C4CC(c5ccc(Cl)cc5)C4)no3)c(=O)c12. The van der Waals surface area contributed by atoms with E-state index < -0.39 is 0 Å².